The molecule has 5 nitrogen and oxygen atoms in total. The molecule has 7 heteroatoms. The first-order valence-corrected chi connectivity index (χ1v) is 9.26. The van der Waals surface area contributed by atoms with Crippen molar-refractivity contribution in [2.45, 2.75) is 6.61 Å². The van der Waals surface area contributed by atoms with Crippen molar-refractivity contribution in [1.82, 2.24) is 5.43 Å². The zero-order chi connectivity index (χ0) is 20.5. The van der Waals surface area contributed by atoms with Crippen LogP contribution in [0.15, 0.2) is 77.9 Å². The molecule has 0 saturated carbocycles. The average Bonchev–Trinajstić information content (AvgIpc) is 2.74. The number of benzene rings is 3. The third-order valence-corrected chi connectivity index (χ3v) is 4.13. The molecule has 0 aliphatic carbocycles. The number of hydrazone groups is 1. The van der Waals surface area contributed by atoms with Gasteiger partial charge in [-0.2, -0.15) is 5.10 Å². The molecule has 2 N–H and O–H groups in total. The van der Waals surface area contributed by atoms with E-state index in [4.69, 9.17) is 21.7 Å². The lowest BCUT2D eigenvalue weighted by atomic mass is 10.1. The van der Waals surface area contributed by atoms with Gasteiger partial charge in [0, 0.05) is 11.3 Å². The molecule has 3 aromatic rings. The van der Waals surface area contributed by atoms with Gasteiger partial charge in [-0.25, -0.2) is 4.39 Å². The molecule has 0 spiro atoms. The zero-order valence-electron chi connectivity index (χ0n) is 15.8. The second-order valence-corrected chi connectivity index (χ2v) is 6.39. The van der Waals surface area contributed by atoms with Crippen LogP contribution in [-0.2, 0) is 6.61 Å². The lowest BCUT2D eigenvalue weighted by molar-refractivity contribution is 0.282. The number of nitrogens with one attached hydrogen (secondary N) is 2. The number of rotatable bonds is 7. The number of para-hydroxylation sites is 2. The Morgan fingerprint density at radius 1 is 1.03 bits per heavy atom. The van der Waals surface area contributed by atoms with Crippen LogP contribution in [0.5, 0.6) is 11.5 Å². The number of thiocarbonyl (C=S) groups is 1. The normalized spacial score (nSPS) is 10.6. The lowest BCUT2D eigenvalue weighted by Gasteiger charge is -2.11. The molecule has 0 atom stereocenters. The number of halogens is 1. The summed E-state index contributed by atoms with van der Waals surface area (Å²) in [6, 6.07) is 21.4. The van der Waals surface area contributed by atoms with Gasteiger partial charge < -0.3 is 14.8 Å². The molecule has 0 heterocycles. The molecule has 0 unspecified atom stereocenters. The van der Waals surface area contributed by atoms with Crippen LogP contribution >= 0.6 is 12.2 Å². The minimum Gasteiger partial charge on any atom is -0.496 e. The summed E-state index contributed by atoms with van der Waals surface area (Å²) < 4.78 is 24.7. The number of hydrogen-bond donors (Lipinski definition) is 2. The first-order chi connectivity index (χ1) is 14.2. The van der Waals surface area contributed by atoms with Crippen LogP contribution in [0, 0.1) is 5.82 Å². The van der Waals surface area contributed by atoms with E-state index in [9.17, 15) is 4.39 Å². The minimum atomic E-state index is -0.409. The molecule has 0 amide bonds. The Kier molecular flexibility index (Phi) is 7.13. The van der Waals surface area contributed by atoms with E-state index in [-0.39, 0.29) is 12.4 Å². The summed E-state index contributed by atoms with van der Waals surface area (Å²) in [5.74, 6) is 0.424. The van der Waals surface area contributed by atoms with Crippen LogP contribution in [0.3, 0.4) is 0 Å². The van der Waals surface area contributed by atoms with Crippen molar-refractivity contribution in [2.24, 2.45) is 5.10 Å². The van der Waals surface area contributed by atoms with Crippen molar-refractivity contribution in [1.29, 1.82) is 0 Å². The van der Waals surface area contributed by atoms with Crippen LogP contribution in [0.25, 0.3) is 0 Å². The third kappa shape index (κ3) is 6.02. The van der Waals surface area contributed by atoms with Crippen LogP contribution in [0.1, 0.15) is 11.1 Å². The van der Waals surface area contributed by atoms with Gasteiger partial charge in [-0.15, -0.1) is 0 Å². The zero-order valence-corrected chi connectivity index (χ0v) is 16.6. The summed E-state index contributed by atoms with van der Waals surface area (Å²) in [4.78, 5) is 0. The van der Waals surface area contributed by atoms with Gasteiger partial charge in [0.1, 0.15) is 12.4 Å². The molecule has 29 heavy (non-hydrogen) atoms. The number of hydrogen-bond acceptors (Lipinski definition) is 4. The maximum atomic E-state index is 13.7. The minimum absolute atomic E-state index is 0.160. The second kappa shape index (κ2) is 10.2. The highest BCUT2D eigenvalue weighted by Gasteiger charge is 2.07. The van der Waals surface area contributed by atoms with E-state index in [0.717, 1.165) is 16.8 Å². The quantitative estimate of drug-likeness (QED) is 0.336. The monoisotopic (exact) mass is 409 g/mol. The number of anilines is 1. The van der Waals surface area contributed by atoms with E-state index in [1.165, 1.54) is 6.07 Å². The van der Waals surface area contributed by atoms with Gasteiger partial charge in [0.2, 0.25) is 0 Å². The molecule has 0 aromatic heterocycles. The SMILES string of the molecule is COc1ccc(/C=N\NC(=S)Nc2ccccc2)cc1COc1ccccc1F. The van der Waals surface area contributed by atoms with Gasteiger partial charge in [-0.3, -0.25) is 5.43 Å². The van der Waals surface area contributed by atoms with Crippen molar-refractivity contribution in [2.75, 3.05) is 12.4 Å². The lowest BCUT2D eigenvalue weighted by Crippen LogP contribution is -2.23. The highest BCUT2D eigenvalue weighted by molar-refractivity contribution is 7.80. The second-order valence-electron chi connectivity index (χ2n) is 5.98. The summed E-state index contributed by atoms with van der Waals surface area (Å²) >= 11 is 5.21. The van der Waals surface area contributed by atoms with E-state index < -0.39 is 5.82 Å². The summed E-state index contributed by atoms with van der Waals surface area (Å²) in [5, 5.41) is 7.56. The van der Waals surface area contributed by atoms with E-state index in [0.29, 0.717) is 10.9 Å². The molecular formula is C22H20FN3O2S. The Morgan fingerprint density at radius 2 is 1.79 bits per heavy atom. The Morgan fingerprint density at radius 3 is 2.55 bits per heavy atom. The maximum absolute atomic E-state index is 13.7. The predicted octanol–water partition coefficient (Wildman–Crippen LogP) is 4.73. The molecule has 3 aromatic carbocycles. The molecule has 0 fully saturated rings. The Hall–Kier alpha value is -3.45. The van der Waals surface area contributed by atoms with Crippen molar-refractivity contribution in [3.05, 3.63) is 89.7 Å². The number of nitrogens with zero attached hydrogens (tertiary/aromatic N) is 1. The van der Waals surface area contributed by atoms with E-state index in [1.807, 2.05) is 48.5 Å². The van der Waals surface area contributed by atoms with Gasteiger partial charge in [-0.05, 0) is 60.2 Å². The van der Waals surface area contributed by atoms with Gasteiger partial charge in [0.15, 0.2) is 16.7 Å². The molecule has 0 radical (unpaired) electrons. The average molecular weight is 409 g/mol. The fourth-order valence-corrected chi connectivity index (χ4v) is 2.73. The van der Waals surface area contributed by atoms with Crippen molar-refractivity contribution < 1.29 is 13.9 Å². The van der Waals surface area contributed by atoms with Gasteiger partial charge >= 0.3 is 0 Å². The summed E-state index contributed by atoms with van der Waals surface area (Å²) in [6.07, 6.45) is 1.63. The first-order valence-electron chi connectivity index (χ1n) is 8.85. The Bertz CT molecular complexity index is 996. The molecule has 0 aliphatic heterocycles. The molecule has 0 saturated heterocycles. The summed E-state index contributed by atoms with van der Waals surface area (Å²) in [6.45, 7) is 0.160. The van der Waals surface area contributed by atoms with E-state index in [1.54, 1.807) is 31.5 Å². The fourth-order valence-electron chi connectivity index (χ4n) is 2.55. The fraction of sp³-hybridized carbons (Fsp3) is 0.0909. The first kappa shape index (κ1) is 20.3. The Balaban J connectivity index is 1.62. The number of methoxy groups -OCH3 is 1. The highest BCUT2D eigenvalue weighted by atomic mass is 32.1. The van der Waals surface area contributed by atoms with Crippen molar-refractivity contribution in [3.8, 4) is 11.5 Å². The summed E-state index contributed by atoms with van der Waals surface area (Å²) in [5.41, 5.74) is 5.22. The molecule has 0 bridgehead atoms. The van der Waals surface area contributed by atoms with Crippen LogP contribution < -0.4 is 20.2 Å². The standard InChI is InChI=1S/C22H20FN3O2S/c1-27-20-12-11-16(13-17(20)15-28-21-10-6-5-9-19(21)23)14-24-26-22(29)25-18-7-3-2-4-8-18/h2-14H,15H2,1H3,(H2,25,26,29)/b24-14-. The molecule has 148 valence electrons. The van der Waals surface area contributed by atoms with Crippen LogP contribution in [-0.4, -0.2) is 18.4 Å². The molecule has 3 rings (SSSR count). The van der Waals surface area contributed by atoms with Crippen LogP contribution in [0.2, 0.25) is 0 Å². The van der Waals surface area contributed by atoms with Gasteiger partial charge in [0.05, 0.1) is 13.3 Å². The highest BCUT2D eigenvalue weighted by Crippen LogP contribution is 2.23. The van der Waals surface area contributed by atoms with Crippen molar-refractivity contribution >= 4 is 29.2 Å². The number of ether oxygens (including phenoxy) is 2. The Labute approximate surface area is 174 Å². The smallest absolute Gasteiger partial charge is 0.191 e. The van der Waals surface area contributed by atoms with E-state index >= 15 is 0 Å². The van der Waals surface area contributed by atoms with E-state index in [2.05, 4.69) is 15.8 Å². The third-order valence-electron chi connectivity index (χ3n) is 3.94. The topological polar surface area (TPSA) is 54.9 Å². The molecular weight excluding hydrogens is 389 g/mol. The van der Waals surface area contributed by atoms with Crippen molar-refractivity contribution in [3.63, 3.8) is 0 Å². The van der Waals surface area contributed by atoms with Gasteiger partial charge in [-0.1, -0.05) is 30.3 Å². The molecule has 0 aliphatic rings. The largest absolute Gasteiger partial charge is 0.496 e. The summed E-state index contributed by atoms with van der Waals surface area (Å²) in [7, 11) is 1.57. The van der Waals surface area contributed by atoms with Gasteiger partial charge in [0.25, 0.3) is 0 Å². The maximum Gasteiger partial charge on any atom is 0.191 e. The predicted molar refractivity (Wildman–Crippen MR) is 117 cm³/mol. The van der Waals surface area contributed by atoms with Crippen LogP contribution in [0.4, 0.5) is 10.1 Å².